The average Bonchev–Trinajstić information content (AvgIpc) is 2.69. The zero-order valence-electron chi connectivity index (χ0n) is 14.7. The van der Waals surface area contributed by atoms with E-state index in [1.165, 1.54) is 12.1 Å². The van der Waals surface area contributed by atoms with E-state index in [2.05, 4.69) is 20.7 Å². The molecule has 0 aromatic heterocycles. The van der Waals surface area contributed by atoms with Crippen LogP contribution in [0.2, 0.25) is 0 Å². The van der Waals surface area contributed by atoms with Gasteiger partial charge in [-0.1, -0.05) is 46.3 Å². The Labute approximate surface area is 167 Å². The van der Waals surface area contributed by atoms with Gasteiger partial charge in [0.1, 0.15) is 0 Å². The number of benzene rings is 2. The van der Waals surface area contributed by atoms with Crippen LogP contribution in [0.4, 0.5) is 0 Å². The van der Waals surface area contributed by atoms with Crippen LogP contribution < -0.4 is 4.72 Å². The van der Waals surface area contributed by atoms with E-state index >= 15 is 0 Å². The lowest BCUT2D eigenvalue weighted by molar-refractivity contribution is -0.135. The molecule has 1 fully saturated rings. The molecule has 0 saturated carbocycles. The quantitative estimate of drug-likeness (QED) is 0.730. The number of nitrogens with zero attached hydrogens (tertiary/aromatic N) is 1. The Kier molecular flexibility index (Phi) is 6.64. The number of hydrogen-bond acceptors (Lipinski definition) is 4. The van der Waals surface area contributed by atoms with E-state index < -0.39 is 16.1 Å². The van der Waals surface area contributed by atoms with Crippen molar-refractivity contribution in [2.75, 3.05) is 26.3 Å². The molecule has 1 unspecified atom stereocenters. The lowest BCUT2D eigenvalue weighted by atomic mass is 10.0. The zero-order valence-corrected chi connectivity index (χ0v) is 17.1. The van der Waals surface area contributed by atoms with Crippen LogP contribution in [0.25, 0.3) is 0 Å². The molecule has 1 saturated heterocycles. The monoisotopic (exact) mass is 452 g/mol. The van der Waals surface area contributed by atoms with Crippen LogP contribution in [0.5, 0.6) is 0 Å². The number of morpholine rings is 1. The number of rotatable bonds is 6. The Morgan fingerprint density at radius 1 is 1.07 bits per heavy atom. The van der Waals surface area contributed by atoms with Crippen molar-refractivity contribution in [2.45, 2.75) is 17.4 Å². The molecule has 1 atom stereocenters. The predicted molar refractivity (Wildman–Crippen MR) is 106 cm³/mol. The predicted octanol–water partition coefficient (Wildman–Crippen LogP) is 2.72. The summed E-state index contributed by atoms with van der Waals surface area (Å²) in [5.74, 6) is -0.0920. The number of carbonyl (C=O) groups excluding carboxylic acids is 1. The Bertz CT molecular complexity index is 866. The number of nitrogens with one attached hydrogen (secondary N) is 1. The minimum Gasteiger partial charge on any atom is -0.378 e. The van der Waals surface area contributed by atoms with Gasteiger partial charge in [-0.3, -0.25) is 4.79 Å². The smallest absolute Gasteiger partial charge is 0.241 e. The van der Waals surface area contributed by atoms with Crippen LogP contribution in [0.15, 0.2) is 64.0 Å². The van der Waals surface area contributed by atoms with Crippen LogP contribution in [0.3, 0.4) is 0 Å². The lowest BCUT2D eigenvalue weighted by Crippen LogP contribution is -2.42. The second-order valence-electron chi connectivity index (χ2n) is 6.24. The van der Waals surface area contributed by atoms with Crippen LogP contribution in [-0.4, -0.2) is 45.5 Å². The minimum absolute atomic E-state index is 0.0553. The highest BCUT2D eigenvalue weighted by molar-refractivity contribution is 9.10. The highest BCUT2D eigenvalue weighted by Crippen LogP contribution is 2.22. The summed E-state index contributed by atoms with van der Waals surface area (Å²) in [4.78, 5) is 14.6. The van der Waals surface area contributed by atoms with Crippen LogP contribution >= 0.6 is 15.9 Å². The molecule has 2 aromatic rings. The summed E-state index contributed by atoms with van der Waals surface area (Å²) in [6.45, 7) is 2.07. The van der Waals surface area contributed by atoms with Gasteiger partial charge in [0, 0.05) is 24.0 Å². The normalized spacial score (nSPS) is 16.1. The van der Waals surface area contributed by atoms with Gasteiger partial charge in [0.15, 0.2) is 0 Å². The zero-order chi connectivity index (χ0) is 19.3. The Morgan fingerprint density at radius 3 is 2.33 bits per heavy atom. The van der Waals surface area contributed by atoms with Gasteiger partial charge in [-0.15, -0.1) is 0 Å². The van der Waals surface area contributed by atoms with E-state index in [0.717, 1.165) is 10.0 Å². The van der Waals surface area contributed by atoms with Crippen molar-refractivity contribution in [1.82, 2.24) is 9.62 Å². The highest BCUT2D eigenvalue weighted by atomic mass is 79.9. The van der Waals surface area contributed by atoms with Gasteiger partial charge < -0.3 is 9.64 Å². The van der Waals surface area contributed by atoms with Crippen LogP contribution in [0, 0.1) is 0 Å². The van der Waals surface area contributed by atoms with Gasteiger partial charge in [-0.25, -0.2) is 13.1 Å². The molecule has 1 aliphatic heterocycles. The van der Waals surface area contributed by atoms with Gasteiger partial charge >= 0.3 is 0 Å². The van der Waals surface area contributed by atoms with Crippen molar-refractivity contribution in [2.24, 2.45) is 0 Å². The summed E-state index contributed by atoms with van der Waals surface area (Å²) < 4.78 is 34.4. The van der Waals surface area contributed by atoms with Crippen molar-refractivity contribution in [3.63, 3.8) is 0 Å². The topological polar surface area (TPSA) is 75.7 Å². The molecular formula is C19H21BrN2O4S. The molecule has 2 aromatic carbocycles. The molecule has 0 aliphatic carbocycles. The first-order valence-corrected chi connectivity index (χ1v) is 10.9. The summed E-state index contributed by atoms with van der Waals surface area (Å²) in [7, 11) is -3.77. The molecule has 3 rings (SSSR count). The molecule has 144 valence electrons. The minimum atomic E-state index is -3.77. The van der Waals surface area contributed by atoms with Crippen molar-refractivity contribution in [3.8, 4) is 0 Å². The van der Waals surface area contributed by atoms with Crippen LogP contribution in [-0.2, 0) is 19.6 Å². The molecule has 27 heavy (non-hydrogen) atoms. The molecule has 1 aliphatic rings. The van der Waals surface area contributed by atoms with Gasteiger partial charge in [0.05, 0.1) is 24.2 Å². The van der Waals surface area contributed by atoms with E-state index in [1.807, 2.05) is 30.3 Å². The third-order valence-corrected chi connectivity index (χ3v) is 6.38. The SMILES string of the molecule is O=C(CC(NS(=O)(=O)c1ccc(Br)cc1)c1ccccc1)N1CCOCC1. The van der Waals surface area contributed by atoms with E-state index in [9.17, 15) is 13.2 Å². The maximum atomic E-state index is 12.8. The van der Waals surface area contributed by atoms with E-state index in [-0.39, 0.29) is 17.2 Å². The first-order valence-electron chi connectivity index (χ1n) is 8.64. The Hall–Kier alpha value is -1.74. The molecular weight excluding hydrogens is 432 g/mol. The third kappa shape index (κ3) is 5.38. The van der Waals surface area contributed by atoms with E-state index in [1.54, 1.807) is 17.0 Å². The van der Waals surface area contributed by atoms with E-state index in [0.29, 0.717) is 26.3 Å². The Morgan fingerprint density at radius 2 is 1.70 bits per heavy atom. The fraction of sp³-hybridized carbons (Fsp3) is 0.316. The van der Waals surface area contributed by atoms with Crippen molar-refractivity contribution in [3.05, 3.63) is 64.6 Å². The molecule has 1 amide bonds. The van der Waals surface area contributed by atoms with Crippen molar-refractivity contribution in [1.29, 1.82) is 0 Å². The standard InChI is InChI=1S/C19H21BrN2O4S/c20-16-6-8-17(9-7-16)27(24,25)21-18(15-4-2-1-3-5-15)14-19(23)22-10-12-26-13-11-22/h1-9,18,21H,10-14H2. The maximum Gasteiger partial charge on any atom is 0.241 e. The lowest BCUT2D eigenvalue weighted by Gasteiger charge is -2.29. The summed E-state index contributed by atoms with van der Waals surface area (Å²) in [6, 6.07) is 14.9. The average molecular weight is 453 g/mol. The number of amides is 1. The third-order valence-electron chi connectivity index (χ3n) is 4.37. The molecule has 8 heteroatoms. The highest BCUT2D eigenvalue weighted by Gasteiger charge is 2.26. The largest absolute Gasteiger partial charge is 0.378 e. The fourth-order valence-corrected chi connectivity index (χ4v) is 4.39. The molecule has 0 radical (unpaired) electrons. The van der Waals surface area contributed by atoms with Crippen LogP contribution in [0.1, 0.15) is 18.0 Å². The number of hydrogen-bond donors (Lipinski definition) is 1. The summed E-state index contributed by atoms with van der Waals surface area (Å²) in [5, 5.41) is 0. The van der Waals surface area contributed by atoms with Gasteiger partial charge in [-0.05, 0) is 29.8 Å². The molecule has 0 bridgehead atoms. The fourth-order valence-electron chi connectivity index (χ4n) is 2.90. The number of ether oxygens (including phenoxy) is 1. The van der Waals surface area contributed by atoms with Gasteiger partial charge in [0.2, 0.25) is 15.9 Å². The van der Waals surface area contributed by atoms with Crippen molar-refractivity contribution >= 4 is 31.9 Å². The number of halogens is 1. The molecule has 1 heterocycles. The maximum absolute atomic E-state index is 12.8. The summed E-state index contributed by atoms with van der Waals surface area (Å²) in [6.07, 6.45) is 0.0553. The first kappa shape index (κ1) is 20.0. The molecule has 1 N–H and O–H groups in total. The van der Waals surface area contributed by atoms with E-state index in [4.69, 9.17) is 4.74 Å². The second-order valence-corrected chi connectivity index (χ2v) is 8.87. The van der Waals surface area contributed by atoms with Crippen molar-refractivity contribution < 1.29 is 17.9 Å². The van der Waals surface area contributed by atoms with Gasteiger partial charge in [0.25, 0.3) is 0 Å². The number of carbonyl (C=O) groups is 1. The molecule has 6 nitrogen and oxygen atoms in total. The molecule has 0 spiro atoms. The van der Waals surface area contributed by atoms with Gasteiger partial charge in [-0.2, -0.15) is 0 Å². The summed E-state index contributed by atoms with van der Waals surface area (Å²) >= 11 is 3.30. The first-order chi connectivity index (χ1) is 13.0. The number of sulfonamides is 1. The second kappa shape index (κ2) is 8.97. The Balaban J connectivity index is 1.81. The summed E-state index contributed by atoms with van der Waals surface area (Å²) in [5.41, 5.74) is 0.750.